The third kappa shape index (κ3) is 7.93. The zero-order valence-electron chi connectivity index (χ0n) is 13.5. The maximum Gasteiger partial charge on any atom is 0.326 e. The number of nitrogens with two attached hydrogens (primary N) is 1. The number of hydrogen-bond donors (Lipinski definition) is 5. The lowest BCUT2D eigenvalue weighted by molar-refractivity contribution is -0.143. The SMILES string of the molecule is N[C@@H](Cc1ccccc1)C(=O)NCC(=O)N[C@@H](CCC(=O)O)C(=O)O. The summed E-state index contributed by atoms with van der Waals surface area (Å²) in [4.78, 5) is 45.0. The van der Waals surface area contributed by atoms with E-state index in [1.807, 2.05) is 30.3 Å². The van der Waals surface area contributed by atoms with Crippen molar-refractivity contribution in [2.75, 3.05) is 6.54 Å². The summed E-state index contributed by atoms with van der Waals surface area (Å²) in [5, 5.41) is 22.0. The lowest BCUT2D eigenvalue weighted by Crippen LogP contribution is -2.49. The van der Waals surface area contributed by atoms with Crippen LogP contribution in [0.2, 0.25) is 0 Å². The van der Waals surface area contributed by atoms with Gasteiger partial charge in [0, 0.05) is 6.42 Å². The van der Waals surface area contributed by atoms with Gasteiger partial charge in [-0.25, -0.2) is 4.79 Å². The van der Waals surface area contributed by atoms with Crippen molar-refractivity contribution < 1.29 is 29.4 Å². The summed E-state index contributed by atoms with van der Waals surface area (Å²) in [6.45, 7) is -0.446. The molecule has 0 spiro atoms. The molecule has 9 heteroatoms. The Bertz CT molecular complexity index is 620. The minimum Gasteiger partial charge on any atom is -0.481 e. The fourth-order valence-corrected chi connectivity index (χ4v) is 2.03. The number of carboxylic acids is 2. The van der Waals surface area contributed by atoms with Gasteiger partial charge in [-0.3, -0.25) is 14.4 Å². The molecule has 2 atom stereocenters. The van der Waals surface area contributed by atoms with Gasteiger partial charge in [0.1, 0.15) is 6.04 Å². The molecule has 0 heterocycles. The molecule has 25 heavy (non-hydrogen) atoms. The Morgan fingerprint density at radius 3 is 2.28 bits per heavy atom. The van der Waals surface area contributed by atoms with Crippen molar-refractivity contribution in [2.24, 2.45) is 5.73 Å². The van der Waals surface area contributed by atoms with Crippen LogP contribution in [0.3, 0.4) is 0 Å². The molecule has 0 radical (unpaired) electrons. The number of carbonyl (C=O) groups is 4. The number of nitrogens with one attached hydrogen (secondary N) is 2. The molecular weight excluding hydrogens is 330 g/mol. The smallest absolute Gasteiger partial charge is 0.326 e. The predicted octanol–water partition coefficient (Wildman–Crippen LogP) is -0.893. The van der Waals surface area contributed by atoms with Gasteiger partial charge < -0.3 is 26.6 Å². The number of carbonyl (C=O) groups excluding carboxylic acids is 2. The highest BCUT2D eigenvalue weighted by atomic mass is 16.4. The lowest BCUT2D eigenvalue weighted by Gasteiger charge is -2.15. The standard InChI is InChI=1S/C16H21N3O6/c17-11(8-10-4-2-1-3-5-10)15(23)18-9-13(20)19-12(16(24)25)6-7-14(21)22/h1-5,11-12H,6-9,17H2,(H,18,23)(H,19,20)(H,21,22)(H,24,25)/t11-,12-/m0/s1. The van der Waals surface area contributed by atoms with E-state index >= 15 is 0 Å². The van der Waals surface area contributed by atoms with Crippen molar-refractivity contribution in [2.45, 2.75) is 31.3 Å². The van der Waals surface area contributed by atoms with Crippen LogP contribution < -0.4 is 16.4 Å². The van der Waals surface area contributed by atoms with Gasteiger partial charge in [0.05, 0.1) is 12.6 Å². The lowest BCUT2D eigenvalue weighted by atomic mass is 10.1. The normalized spacial score (nSPS) is 12.7. The zero-order chi connectivity index (χ0) is 18.8. The number of rotatable bonds is 10. The van der Waals surface area contributed by atoms with Gasteiger partial charge in [-0.05, 0) is 18.4 Å². The van der Waals surface area contributed by atoms with Gasteiger partial charge in [0.2, 0.25) is 11.8 Å². The predicted molar refractivity (Wildman–Crippen MR) is 87.6 cm³/mol. The summed E-state index contributed by atoms with van der Waals surface area (Å²) in [6.07, 6.45) is -0.353. The molecule has 1 rings (SSSR count). The van der Waals surface area contributed by atoms with Crippen LogP contribution in [0, 0.1) is 0 Å². The topological polar surface area (TPSA) is 159 Å². The molecule has 0 aliphatic carbocycles. The van der Waals surface area contributed by atoms with E-state index in [9.17, 15) is 19.2 Å². The van der Waals surface area contributed by atoms with Gasteiger partial charge in [0.25, 0.3) is 0 Å². The summed E-state index contributed by atoms with van der Waals surface area (Å²) in [6, 6.07) is 6.92. The van der Waals surface area contributed by atoms with Gasteiger partial charge in [0.15, 0.2) is 0 Å². The van der Waals surface area contributed by atoms with E-state index in [0.29, 0.717) is 6.42 Å². The minimum atomic E-state index is -1.35. The minimum absolute atomic E-state index is 0.252. The van der Waals surface area contributed by atoms with Gasteiger partial charge in [-0.15, -0.1) is 0 Å². The molecule has 6 N–H and O–H groups in total. The highest BCUT2D eigenvalue weighted by Crippen LogP contribution is 2.02. The van der Waals surface area contributed by atoms with Crippen molar-refractivity contribution in [3.8, 4) is 0 Å². The average molecular weight is 351 g/mol. The number of aliphatic carboxylic acids is 2. The molecule has 0 unspecified atom stereocenters. The number of carboxylic acid groups (broad SMARTS) is 2. The number of amides is 2. The summed E-state index contributed by atoms with van der Waals surface area (Å²) in [5.41, 5.74) is 6.63. The maximum absolute atomic E-state index is 11.9. The van der Waals surface area contributed by atoms with Gasteiger partial charge in [-0.1, -0.05) is 30.3 Å². The van der Waals surface area contributed by atoms with Crippen LogP contribution in [0.25, 0.3) is 0 Å². The zero-order valence-corrected chi connectivity index (χ0v) is 13.5. The van der Waals surface area contributed by atoms with Crippen LogP contribution in [0.4, 0.5) is 0 Å². The van der Waals surface area contributed by atoms with E-state index in [4.69, 9.17) is 15.9 Å². The van der Waals surface area contributed by atoms with Crippen LogP contribution in [-0.4, -0.2) is 52.6 Å². The van der Waals surface area contributed by atoms with E-state index in [0.717, 1.165) is 5.56 Å². The summed E-state index contributed by atoms with van der Waals surface area (Å²) in [7, 11) is 0. The highest BCUT2D eigenvalue weighted by molar-refractivity contribution is 5.89. The quantitative estimate of drug-likeness (QED) is 0.365. The van der Waals surface area contributed by atoms with E-state index in [1.54, 1.807) is 0 Å². The molecule has 0 aliphatic rings. The van der Waals surface area contributed by atoms with Crippen LogP contribution in [-0.2, 0) is 25.6 Å². The molecule has 0 saturated carbocycles. The molecular formula is C16H21N3O6. The van der Waals surface area contributed by atoms with Gasteiger partial charge >= 0.3 is 11.9 Å². The molecule has 1 aromatic rings. The Morgan fingerprint density at radius 2 is 1.72 bits per heavy atom. The van der Waals surface area contributed by atoms with Gasteiger partial charge in [-0.2, -0.15) is 0 Å². The number of hydrogen-bond acceptors (Lipinski definition) is 5. The van der Waals surface area contributed by atoms with Crippen molar-refractivity contribution in [3.05, 3.63) is 35.9 Å². The summed E-state index contributed by atoms with van der Waals surface area (Å²) >= 11 is 0. The van der Waals surface area contributed by atoms with Crippen LogP contribution in [0.1, 0.15) is 18.4 Å². The van der Waals surface area contributed by atoms with Crippen LogP contribution in [0.5, 0.6) is 0 Å². The Kier molecular flexibility index (Phi) is 8.07. The monoisotopic (exact) mass is 351 g/mol. The molecule has 0 bridgehead atoms. The van der Waals surface area contributed by atoms with Crippen molar-refractivity contribution in [1.29, 1.82) is 0 Å². The Balaban J connectivity index is 2.41. The fraction of sp³-hybridized carbons (Fsp3) is 0.375. The number of benzene rings is 1. The second-order valence-corrected chi connectivity index (χ2v) is 5.40. The van der Waals surface area contributed by atoms with Crippen LogP contribution >= 0.6 is 0 Å². The van der Waals surface area contributed by atoms with E-state index in [2.05, 4.69) is 10.6 Å². The first-order valence-electron chi connectivity index (χ1n) is 7.60. The van der Waals surface area contributed by atoms with E-state index in [-0.39, 0.29) is 6.42 Å². The Hall–Kier alpha value is -2.94. The second kappa shape index (κ2) is 10.0. The molecule has 9 nitrogen and oxygen atoms in total. The van der Waals surface area contributed by atoms with E-state index < -0.39 is 48.8 Å². The molecule has 0 aromatic heterocycles. The van der Waals surface area contributed by atoms with Crippen LogP contribution in [0.15, 0.2) is 30.3 Å². The molecule has 0 fully saturated rings. The highest BCUT2D eigenvalue weighted by Gasteiger charge is 2.21. The third-order valence-corrected chi connectivity index (χ3v) is 3.34. The fourth-order valence-electron chi connectivity index (χ4n) is 2.03. The average Bonchev–Trinajstić information content (AvgIpc) is 2.56. The molecule has 0 saturated heterocycles. The molecule has 1 aromatic carbocycles. The Morgan fingerprint density at radius 1 is 1.08 bits per heavy atom. The molecule has 0 aliphatic heterocycles. The largest absolute Gasteiger partial charge is 0.481 e. The maximum atomic E-state index is 11.9. The second-order valence-electron chi connectivity index (χ2n) is 5.40. The molecule has 2 amide bonds. The first-order valence-corrected chi connectivity index (χ1v) is 7.60. The van der Waals surface area contributed by atoms with Crippen molar-refractivity contribution in [1.82, 2.24) is 10.6 Å². The first-order chi connectivity index (χ1) is 11.8. The third-order valence-electron chi connectivity index (χ3n) is 3.34. The van der Waals surface area contributed by atoms with Crippen molar-refractivity contribution >= 4 is 23.8 Å². The first kappa shape index (κ1) is 20.1. The van der Waals surface area contributed by atoms with Crippen molar-refractivity contribution in [3.63, 3.8) is 0 Å². The molecule has 136 valence electrons. The Labute approximate surface area is 144 Å². The summed E-state index contributed by atoms with van der Waals surface area (Å²) in [5.74, 6) is -3.79. The van der Waals surface area contributed by atoms with E-state index in [1.165, 1.54) is 0 Å². The summed E-state index contributed by atoms with van der Waals surface area (Å²) < 4.78 is 0.